The number of rotatable bonds is 3. The van der Waals surface area contributed by atoms with Gasteiger partial charge in [-0.25, -0.2) is 4.85 Å². The van der Waals surface area contributed by atoms with Crippen molar-refractivity contribution in [3.63, 3.8) is 0 Å². The number of hydrogen-bond donors (Lipinski definition) is 0. The van der Waals surface area contributed by atoms with Crippen LogP contribution in [0.15, 0.2) is 150 Å². The van der Waals surface area contributed by atoms with Crippen molar-refractivity contribution in [1.82, 2.24) is 9.13 Å². The van der Waals surface area contributed by atoms with Gasteiger partial charge in [-0.2, -0.15) is 5.26 Å². The highest BCUT2D eigenvalue weighted by atomic mass is 16.3. The Morgan fingerprint density at radius 2 is 1.04 bits per heavy atom. The molecule has 0 saturated carbocycles. The zero-order valence-corrected chi connectivity index (χ0v) is 26.1. The second-order valence-corrected chi connectivity index (χ2v) is 12.3. The van der Waals surface area contributed by atoms with Gasteiger partial charge in [0.2, 0.25) is 0 Å². The van der Waals surface area contributed by atoms with E-state index in [4.69, 9.17) is 11.0 Å². The van der Waals surface area contributed by atoms with Gasteiger partial charge in [0, 0.05) is 49.8 Å². The molecule has 0 amide bonds. The van der Waals surface area contributed by atoms with E-state index in [1.165, 1.54) is 0 Å². The van der Waals surface area contributed by atoms with E-state index in [1.54, 1.807) is 0 Å². The predicted molar refractivity (Wildman–Crippen MR) is 199 cm³/mol. The van der Waals surface area contributed by atoms with Crippen LogP contribution in [0.25, 0.3) is 92.9 Å². The van der Waals surface area contributed by atoms with Gasteiger partial charge in [0.1, 0.15) is 11.2 Å². The number of hydrogen-bond acceptors (Lipinski definition) is 2. The van der Waals surface area contributed by atoms with Crippen molar-refractivity contribution in [1.29, 1.82) is 5.26 Å². The summed E-state index contributed by atoms with van der Waals surface area (Å²) < 4.78 is 10.7. The molecule has 10 rings (SSSR count). The molecule has 10 aromatic rings. The molecule has 0 N–H and O–H groups in total. The lowest BCUT2D eigenvalue weighted by Gasteiger charge is -2.14. The van der Waals surface area contributed by atoms with Gasteiger partial charge >= 0.3 is 0 Å². The number of para-hydroxylation sites is 4. The van der Waals surface area contributed by atoms with E-state index in [0.717, 1.165) is 88.1 Å². The number of nitrogens with zero attached hydrogens (tertiary/aromatic N) is 4. The van der Waals surface area contributed by atoms with Crippen LogP contribution in [0.4, 0.5) is 5.69 Å². The second kappa shape index (κ2) is 10.2. The largest absolute Gasteiger partial charge is 0.456 e. The molecule has 0 unspecified atom stereocenters. The molecular weight excluding hydrogens is 601 g/mol. The molecule has 0 radical (unpaired) electrons. The highest BCUT2D eigenvalue weighted by Crippen LogP contribution is 2.41. The topological polar surface area (TPSA) is 51.1 Å². The van der Waals surface area contributed by atoms with E-state index in [1.807, 2.05) is 72.8 Å². The molecule has 5 heteroatoms. The Bertz CT molecular complexity index is 3030. The molecule has 0 bridgehead atoms. The first-order valence-corrected chi connectivity index (χ1v) is 16.1. The van der Waals surface area contributed by atoms with Crippen molar-refractivity contribution in [3.05, 3.63) is 163 Å². The van der Waals surface area contributed by atoms with E-state index in [0.29, 0.717) is 11.3 Å². The first-order chi connectivity index (χ1) is 24.2. The molecule has 0 aliphatic carbocycles. The number of aromatic nitrogens is 2. The first-order valence-electron chi connectivity index (χ1n) is 16.1. The highest BCUT2D eigenvalue weighted by Gasteiger charge is 2.19. The van der Waals surface area contributed by atoms with Crippen LogP contribution in [0.3, 0.4) is 0 Å². The molecule has 7 aromatic carbocycles. The van der Waals surface area contributed by atoms with Gasteiger partial charge in [-0.15, -0.1) is 0 Å². The van der Waals surface area contributed by atoms with Crippen molar-refractivity contribution in [2.45, 2.75) is 0 Å². The highest BCUT2D eigenvalue weighted by molar-refractivity contribution is 6.17. The number of nitriles is 1. The summed E-state index contributed by atoms with van der Waals surface area (Å²) in [5, 5.41) is 17.2. The van der Waals surface area contributed by atoms with Gasteiger partial charge in [0.15, 0.2) is 5.69 Å². The van der Waals surface area contributed by atoms with Crippen molar-refractivity contribution < 1.29 is 4.42 Å². The lowest BCUT2D eigenvalue weighted by atomic mass is 9.97. The van der Waals surface area contributed by atoms with Crippen LogP contribution in [0.5, 0.6) is 0 Å². The van der Waals surface area contributed by atoms with Crippen LogP contribution in [-0.4, -0.2) is 9.13 Å². The maximum atomic E-state index is 10.4. The van der Waals surface area contributed by atoms with Gasteiger partial charge in [0.25, 0.3) is 0 Å². The first kappa shape index (κ1) is 27.1. The zero-order chi connectivity index (χ0) is 32.6. The van der Waals surface area contributed by atoms with Gasteiger partial charge in [0.05, 0.1) is 40.3 Å². The third-order valence-corrected chi connectivity index (χ3v) is 9.78. The van der Waals surface area contributed by atoms with Gasteiger partial charge in [-0.1, -0.05) is 84.9 Å². The minimum absolute atomic E-state index is 0.481. The Morgan fingerprint density at radius 3 is 1.69 bits per heavy atom. The van der Waals surface area contributed by atoms with Crippen LogP contribution in [0.1, 0.15) is 5.56 Å². The minimum atomic E-state index is 0.481. The Morgan fingerprint density at radius 1 is 0.490 bits per heavy atom. The molecule has 0 aliphatic heterocycles. The smallest absolute Gasteiger partial charge is 0.197 e. The standard InChI is InChI=1S/C44H24N4O/c1-46-38-23-29(48-41-16-8-4-12-34(41)36-24-37-35-13-5-9-17-43(35)49-44(37)25-42(36)48)19-21-31(38)30-20-18-28(22-27(30)26-45)47-39-14-6-2-10-32(39)33-11-3-7-15-40(33)47/h2-25H. The van der Waals surface area contributed by atoms with E-state index >= 15 is 0 Å². The SMILES string of the molecule is [C-]#[N+]c1cc(-n2c3ccccc3c3cc4c(cc32)oc2ccccc24)ccc1-c1ccc(-n2c3ccccc3c3ccccc32)cc1C#N. The molecule has 5 nitrogen and oxygen atoms in total. The molecule has 0 atom stereocenters. The quantitative estimate of drug-likeness (QED) is 0.184. The maximum absolute atomic E-state index is 10.4. The fourth-order valence-electron chi connectivity index (χ4n) is 7.64. The Labute approximate surface area is 280 Å². The monoisotopic (exact) mass is 624 g/mol. The summed E-state index contributed by atoms with van der Waals surface area (Å²) in [6.45, 7) is 8.23. The lowest BCUT2D eigenvalue weighted by Crippen LogP contribution is -1.97. The summed E-state index contributed by atoms with van der Waals surface area (Å²) in [5.74, 6) is 0. The van der Waals surface area contributed by atoms with E-state index in [9.17, 15) is 5.26 Å². The van der Waals surface area contributed by atoms with Crippen molar-refractivity contribution in [2.75, 3.05) is 0 Å². The lowest BCUT2D eigenvalue weighted by molar-refractivity contribution is 0.669. The number of fused-ring (bicyclic) bond motifs is 9. The van der Waals surface area contributed by atoms with Gasteiger partial charge in [-0.05, 0) is 65.7 Å². The average molecular weight is 625 g/mol. The van der Waals surface area contributed by atoms with Crippen molar-refractivity contribution >= 4 is 71.2 Å². The van der Waals surface area contributed by atoms with Crippen LogP contribution < -0.4 is 0 Å². The molecule has 0 aliphatic rings. The summed E-state index contributed by atoms with van der Waals surface area (Å²) >= 11 is 0. The van der Waals surface area contributed by atoms with Crippen molar-refractivity contribution in [2.24, 2.45) is 0 Å². The van der Waals surface area contributed by atoms with Gasteiger partial charge in [-0.3, -0.25) is 0 Å². The Kier molecular flexibility index (Phi) is 5.64. The molecule has 49 heavy (non-hydrogen) atoms. The summed E-state index contributed by atoms with van der Waals surface area (Å²) in [6, 6.07) is 51.8. The summed E-state index contributed by atoms with van der Waals surface area (Å²) in [5.41, 5.74) is 10.1. The summed E-state index contributed by atoms with van der Waals surface area (Å²) in [4.78, 5) is 3.99. The molecule has 3 heterocycles. The number of benzene rings is 7. The Balaban J connectivity index is 1.15. The molecule has 0 fully saturated rings. The minimum Gasteiger partial charge on any atom is -0.456 e. The van der Waals surface area contributed by atoms with Gasteiger partial charge < -0.3 is 13.6 Å². The van der Waals surface area contributed by atoms with E-state index in [-0.39, 0.29) is 0 Å². The molecule has 226 valence electrons. The van der Waals surface area contributed by atoms with E-state index < -0.39 is 0 Å². The van der Waals surface area contributed by atoms with Crippen LogP contribution in [0, 0.1) is 17.9 Å². The Hall–Kier alpha value is -7.08. The van der Waals surface area contributed by atoms with E-state index in [2.05, 4.69) is 92.8 Å². The predicted octanol–water partition coefficient (Wildman–Crippen LogP) is 11.9. The second-order valence-electron chi connectivity index (χ2n) is 12.3. The number of furan rings is 1. The summed E-state index contributed by atoms with van der Waals surface area (Å²) in [7, 11) is 0. The maximum Gasteiger partial charge on any atom is 0.197 e. The fraction of sp³-hybridized carbons (Fsp3) is 0. The molecule has 0 saturated heterocycles. The van der Waals surface area contributed by atoms with Crippen molar-refractivity contribution in [3.8, 4) is 28.6 Å². The van der Waals surface area contributed by atoms with Crippen LogP contribution >= 0.6 is 0 Å². The third kappa shape index (κ3) is 3.85. The molecule has 0 spiro atoms. The molecule has 3 aromatic heterocycles. The third-order valence-electron chi connectivity index (χ3n) is 9.78. The average Bonchev–Trinajstić information content (AvgIpc) is 3.80. The molecular formula is C44H24N4O. The zero-order valence-electron chi connectivity index (χ0n) is 26.1. The normalized spacial score (nSPS) is 11.6. The van der Waals surface area contributed by atoms with Crippen LogP contribution in [0.2, 0.25) is 0 Å². The fourth-order valence-corrected chi connectivity index (χ4v) is 7.64. The van der Waals surface area contributed by atoms with Crippen LogP contribution in [-0.2, 0) is 0 Å². The summed E-state index contributed by atoms with van der Waals surface area (Å²) in [6.07, 6.45) is 0.